The molecular weight excluding hydrogens is 342 g/mol. The Bertz CT molecular complexity index is 786. The van der Waals surface area contributed by atoms with E-state index in [1.807, 2.05) is 0 Å². The number of benzene rings is 1. The molecule has 25 heavy (non-hydrogen) atoms. The molecule has 0 aromatic heterocycles. The van der Waals surface area contributed by atoms with Gasteiger partial charge in [-0.25, -0.2) is 13.2 Å². The highest BCUT2D eigenvalue weighted by Gasteiger charge is 2.27. The molecule has 0 amide bonds. The number of esters is 1. The summed E-state index contributed by atoms with van der Waals surface area (Å²) >= 11 is 0. The van der Waals surface area contributed by atoms with Crippen LogP contribution >= 0.6 is 0 Å². The SMILES string of the molecule is COC(=O)/C(C#N)=C/Nc1ccc(S(=O)(=O)N2CCC(C)CC2)cc1. The molecule has 0 spiro atoms. The lowest BCUT2D eigenvalue weighted by Crippen LogP contribution is -2.37. The number of piperidine rings is 1. The number of anilines is 1. The summed E-state index contributed by atoms with van der Waals surface area (Å²) in [4.78, 5) is 11.5. The van der Waals surface area contributed by atoms with E-state index in [-0.39, 0.29) is 10.5 Å². The van der Waals surface area contributed by atoms with Crippen molar-refractivity contribution in [2.24, 2.45) is 5.92 Å². The van der Waals surface area contributed by atoms with Gasteiger partial charge in [0.05, 0.1) is 12.0 Å². The van der Waals surface area contributed by atoms with E-state index < -0.39 is 16.0 Å². The maximum atomic E-state index is 12.6. The van der Waals surface area contributed by atoms with Gasteiger partial charge in [-0.1, -0.05) is 6.92 Å². The average molecular weight is 363 g/mol. The van der Waals surface area contributed by atoms with E-state index in [0.29, 0.717) is 24.7 Å². The number of methoxy groups -OCH3 is 1. The average Bonchev–Trinajstić information content (AvgIpc) is 2.62. The van der Waals surface area contributed by atoms with Crippen molar-refractivity contribution < 1.29 is 17.9 Å². The number of ether oxygens (including phenoxy) is 1. The van der Waals surface area contributed by atoms with Crippen molar-refractivity contribution in [3.05, 3.63) is 36.0 Å². The van der Waals surface area contributed by atoms with Crippen LogP contribution in [0.5, 0.6) is 0 Å². The van der Waals surface area contributed by atoms with Gasteiger partial charge in [-0.2, -0.15) is 9.57 Å². The largest absolute Gasteiger partial charge is 0.465 e. The van der Waals surface area contributed by atoms with E-state index in [1.165, 1.54) is 29.7 Å². The number of carbonyl (C=O) groups excluding carboxylic acids is 1. The van der Waals surface area contributed by atoms with Crippen molar-refractivity contribution in [3.63, 3.8) is 0 Å². The fourth-order valence-corrected chi connectivity index (χ4v) is 3.97. The van der Waals surface area contributed by atoms with Gasteiger partial charge in [0.15, 0.2) is 5.57 Å². The quantitative estimate of drug-likeness (QED) is 0.488. The predicted molar refractivity (Wildman–Crippen MR) is 92.9 cm³/mol. The van der Waals surface area contributed by atoms with Crippen LogP contribution in [-0.4, -0.2) is 38.9 Å². The zero-order valence-corrected chi connectivity index (χ0v) is 15.0. The number of nitrogens with one attached hydrogen (secondary N) is 1. The van der Waals surface area contributed by atoms with E-state index in [1.54, 1.807) is 18.2 Å². The van der Waals surface area contributed by atoms with Gasteiger partial charge in [-0.3, -0.25) is 0 Å². The van der Waals surface area contributed by atoms with Crippen molar-refractivity contribution >= 4 is 21.7 Å². The molecule has 1 N–H and O–H groups in total. The molecule has 1 aliphatic heterocycles. The van der Waals surface area contributed by atoms with Crippen LogP contribution in [0.4, 0.5) is 5.69 Å². The zero-order chi connectivity index (χ0) is 18.4. The van der Waals surface area contributed by atoms with Gasteiger partial charge in [0.25, 0.3) is 0 Å². The Balaban J connectivity index is 2.10. The second kappa shape index (κ2) is 8.14. The van der Waals surface area contributed by atoms with Crippen LogP contribution < -0.4 is 5.32 Å². The summed E-state index contributed by atoms with van der Waals surface area (Å²) in [6.07, 6.45) is 2.96. The van der Waals surface area contributed by atoms with E-state index in [9.17, 15) is 13.2 Å². The normalized spacial score (nSPS) is 16.9. The van der Waals surface area contributed by atoms with Crippen molar-refractivity contribution in [2.75, 3.05) is 25.5 Å². The Morgan fingerprint density at radius 2 is 1.92 bits per heavy atom. The van der Waals surface area contributed by atoms with Gasteiger partial charge >= 0.3 is 5.97 Å². The molecule has 1 heterocycles. The Morgan fingerprint density at radius 1 is 1.32 bits per heavy atom. The highest BCUT2D eigenvalue weighted by Crippen LogP contribution is 2.24. The molecule has 1 saturated heterocycles. The molecule has 0 aliphatic carbocycles. The maximum Gasteiger partial charge on any atom is 0.350 e. The third-order valence-corrected chi connectivity index (χ3v) is 6.06. The summed E-state index contributed by atoms with van der Waals surface area (Å²) < 4.78 is 31.3. The maximum absolute atomic E-state index is 12.6. The van der Waals surface area contributed by atoms with Gasteiger partial charge in [0.1, 0.15) is 6.07 Å². The topological polar surface area (TPSA) is 99.5 Å². The summed E-state index contributed by atoms with van der Waals surface area (Å²) in [6, 6.07) is 7.91. The first-order chi connectivity index (χ1) is 11.9. The first kappa shape index (κ1) is 19.0. The molecule has 0 atom stereocenters. The second-order valence-electron chi connectivity index (χ2n) is 5.92. The molecule has 134 valence electrons. The number of carbonyl (C=O) groups is 1. The molecule has 0 unspecified atom stereocenters. The Kier molecular flexibility index (Phi) is 6.17. The van der Waals surface area contributed by atoms with Crippen molar-refractivity contribution in [3.8, 4) is 6.07 Å². The molecule has 7 nitrogen and oxygen atoms in total. The van der Waals surface area contributed by atoms with Crippen molar-refractivity contribution in [1.29, 1.82) is 5.26 Å². The summed E-state index contributed by atoms with van der Waals surface area (Å²) in [5, 5.41) is 11.7. The monoisotopic (exact) mass is 363 g/mol. The highest BCUT2D eigenvalue weighted by atomic mass is 32.2. The molecule has 2 rings (SSSR count). The number of nitriles is 1. The van der Waals surface area contributed by atoms with Gasteiger partial charge in [0.2, 0.25) is 10.0 Å². The lowest BCUT2D eigenvalue weighted by molar-refractivity contribution is -0.135. The first-order valence-electron chi connectivity index (χ1n) is 7.94. The predicted octanol–water partition coefficient (Wildman–Crippen LogP) is 2.10. The highest BCUT2D eigenvalue weighted by molar-refractivity contribution is 7.89. The fraction of sp³-hybridized carbons (Fsp3) is 0.412. The second-order valence-corrected chi connectivity index (χ2v) is 7.85. The summed E-state index contributed by atoms with van der Waals surface area (Å²) in [5.41, 5.74) is 0.379. The molecular formula is C17H21N3O4S. The molecule has 0 bridgehead atoms. The van der Waals surface area contributed by atoms with Gasteiger partial charge in [0, 0.05) is 25.0 Å². The minimum atomic E-state index is -3.49. The number of nitrogens with zero attached hydrogens (tertiary/aromatic N) is 2. The van der Waals surface area contributed by atoms with Crippen LogP contribution in [0.3, 0.4) is 0 Å². The van der Waals surface area contributed by atoms with E-state index in [4.69, 9.17) is 5.26 Å². The molecule has 1 aromatic rings. The molecule has 0 saturated carbocycles. The Hall–Kier alpha value is -2.37. The molecule has 1 aromatic carbocycles. The minimum absolute atomic E-state index is 0.179. The molecule has 1 aliphatic rings. The summed E-state index contributed by atoms with van der Waals surface area (Å²) in [7, 11) is -2.30. The van der Waals surface area contributed by atoms with Crippen molar-refractivity contribution in [2.45, 2.75) is 24.7 Å². The van der Waals surface area contributed by atoms with Crippen LogP contribution in [0.25, 0.3) is 0 Å². The third-order valence-electron chi connectivity index (χ3n) is 4.14. The van der Waals surface area contributed by atoms with Crippen LogP contribution in [0.15, 0.2) is 40.9 Å². The Morgan fingerprint density at radius 3 is 2.44 bits per heavy atom. The van der Waals surface area contributed by atoms with Crippen molar-refractivity contribution in [1.82, 2.24) is 4.31 Å². The molecule has 1 fully saturated rings. The smallest absolute Gasteiger partial charge is 0.350 e. The number of hydrogen-bond donors (Lipinski definition) is 1. The lowest BCUT2D eigenvalue weighted by Gasteiger charge is -2.29. The third kappa shape index (κ3) is 4.59. The molecule has 8 heteroatoms. The van der Waals surface area contributed by atoms with Gasteiger partial charge in [-0.05, 0) is 43.0 Å². The number of sulfonamides is 1. The molecule has 0 radical (unpaired) electrons. The number of hydrogen-bond acceptors (Lipinski definition) is 6. The minimum Gasteiger partial charge on any atom is -0.465 e. The summed E-state index contributed by atoms with van der Waals surface area (Å²) in [5.74, 6) is -0.192. The fourth-order valence-electron chi connectivity index (χ4n) is 2.50. The van der Waals surface area contributed by atoms with Crippen LogP contribution in [-0.2, 0) is 19.6 Å². The van der Waals surface area contributed by atoms with Crippen LogP contribution in [0.1, 0.15) is 19.8 Å². The Labute approximate surface area is 147 Å². The standard InChI is InChI=1S/C17H21N3O4S/c1-13-7-9-20(10-8-13)25(22,23)16-5-3-15(4-6-16)19-12-14(11-18)17(21)24-2/h3-6,12-13,19H,7-10H2,1-2H3/b14-12+. The van der Waals surface area contributed by atoms with E-state index in [2.05, 4.69) is 17.0 Å². The zero-order valence-electron chi connectivity index (χ0n) is 14.2. The summed E-state index contributed by atoms with van der Waals surface area (Å²) in [6.45, 7) is 3.20. The van der Waals surface area contributed by atoms with Gasteiger partial charge in [-0.15, -0.1) is 0 Å². The van der Waals surface area contributed by atoms with Gasteiger partial charge < -0.3 is 10.1 Å². The number of rotatable bonds is 5. The van der Waals surface area contributed by atoms with Crippen LogP contribution in [0, 0.1) is 17.2 Å². The lowest BCUT2D eigenvalue weighted by atomic mass is 10.0. The first-order valence-corrected chi connectivity index (χ1v) is 9.38. The van der Waals surface area contributed by atoms with E-state index >= 15 is 0 Å². The van der Waals surface area contributed by atoms with E-state index in [0.717, 1.165) is 12.8 Å². The van der Waals surface area contributed by atoms with Crippen LogP contribution in [0.2, 0.25) is 0 Å².